The van der Waals surface area contributed by atoms with Crippen LogP contribution in [-0.2, 0) is 4.79 Å². The normalized spacial score (nSPS) is 35.0. The fraction of sp³-hybridized carbons (Fsp3) is 0.909. The molecule has 2 nitrogen and oxygen atoms in total. The molecule has 0 aromatic heterocycles. The molecular weight excluding hydrogens is 162 g/mol. The number of hydrogen-bond acceptors (Lipinski definition) is 2. The molecule has 0 unspecified atom stereocenters. The summed E-state index contributed by atoms with van der Waals surface area (Å²) >= 11 is 0. The van der Waals surface area contributed by atoms with Crippen molar-refractivity contribution in [1.29, 1.82) is 0 Å². The molecule has 2 atom stereocenters. The summed E-state index contributed by atoms with van der Waals surface area (Å²) in [6.07, 6.45) is 4.79. The Morgan fingerprint density at radius 1 is 1.31 bits per heavy atom. The Hall–Kier alpha value is -0.370. The van der Waals surface area contributed by atoms with Gasteiger partial charge in [0.15, 0.2) is 0 Å². The summed E-state index contributed by atoms with van der Waals surface area (Å²) < 4.78 is 0. The molecule has 1 aliphatic carbocycles. The number of rotatable bonds is 2. The lowest BCUT2D eigenvalue weighted by atomic mass is 9.76. The third-order valence-corrected chi connectivity index (χ3v) is 3.41. The molecule has 0 aromatic rings. The molecule has 2 rings (SSSR count). The second kappa shape index (κ2) is 3.79. The second-order valence-electron chi connectivity index (χ2n) is 4.49. The molecule has 1 saturated heterocycles. The number of likely N-dealkylation sites (tertiary alicyclic amines) is 1. The topological polar surface area (TPSA) is 20.3 Å². The van der Waals surface area contributed by atoms with Crippen LogP contribution in [0.1, 0.15) is 32.6 Å². The van der Waals surface area contributed by atoms with Crippen molar-refractivity contribution in [3.8, 4) is 0 Å². The fourth-order valence-electron chi connectivity index (χ4n) is 2.79. The quantitative estimate of drug-likeness (QED) is 0.646. The lowest BCUT2D eigenvalue weighted by Gasteiger charge is -2.39. The van der Waals surface area contributed by atoms with E-state index in [-0.39, 0.29) is 0 Å². The van der Waals surface area contributed by atoms with Crippen molar-refractivity contribution < 1.29 is 4.79 Å². The highest BCUT2D eigenvalue weighted by molar-refractivity contribution is 5.85. The molecule has 0 aromatic carbocycles. The van der Waals surface area contributed by atoms with Crippen LogP contribution in [0.2, 0.25) is 0 Å². The van der Waals surface area contributed by atoms with Crippen LogP contribution >= 0.6 is 0 Å². The molecule has 2 aliphatic rings. The van der Waals surface area contributed by atoms with E-state index in [2.05, 4.69) is 11.8 Å². The van der Waals surface area contributed by atoms with E-state index in [4.69, 9.17) is 0 Å². The van der Waals surface area contributed by atoms with Crippen LogP contribution in [0, 0.1) is 11.8 Å². The fourth-order valence-corrected chi connectivity index (χ4v) is 2.79. The van der Waals surface area contributed by atoms with Crippen molar-refractivity contribution in [3.05, 3.63) is 0 Å². The van der Waals surface area contributed by atoms with Crippen molar-refractivity contribution in [2.24, 2.45) is 11.8 Å². The highest BCUT2D eigenvalue weighted by atomic mass is 16.1. The van der Waals surface area contributed by atoms with Crippen LogP contribution in [0.3, 0.4) is 0 Å². The van der Waals surface area contributed by atoms with Gasteiger partial charge in [0, 0.05) is 24.9 Å². The summed E-state index contributed by atoms with van der Waals surface area (Å²) in [6, 6.07) is 0. The van der Waals surface area contributed by atoms with Gasteiger partial charge in [0.05, 0.1) is 0 Å². The average molecular weight is 181 g/mol. The minimum Gasteiger partial charge on any atom is -0.302 e. The Balaban J connectivity index is 1.99. The Morgan fingerprint density at radius 3 is 2.46 bits per heavy atom. The van der Waals surface area contributed by atoms with E-state index < -0.39 is 0 Å². The van der Waals surface area contributed by atoms with Gasteiger partial charge in [-0.25, -0.2) is 0 Å². The van der Waals surface area contributed by atoms with Crippen LogP contribution in [-0.4, -0.2) is 30.3 Å². The van der Waals surface area contributed by atoms with Gasteiger partial charge in [-0.15, -0.1) is 0 Å². The third kappa shape index (κ3) is 1.78. The summed E-state index contributed by atoms with van der Waals surface area (Å²) in [5, 5.41) is 0. The molecule has 2 bridgehead atoms. The predicted octanol–water partition coefficient (Wildman–Crippen LogP) is 1.70. The van der Waals surface area contributed by atoms with Gasteiger partial charge in [-0.3, -0.25) is 4.79 Å². The summed E-state index contributed by atoms with van der Waals surface area (Å²) in [5.74, 6) is 1.34. The molecule has 2 heteroatoms. The largest absolute Gasteiger partial charge is 0.302 e. The molecule has 0 radical (unpaired) electrons. The predicted molar refractivity (Wildman–Crippen MR) is 52.6 cm³/mol. The molecule has 0 N–H and O–H groups in total. The molecular formula is C11H19NO. The van der Waals surface area contributed by atoms with Gasteiger partial charge >= 0.3 is 0 Å². The van der Waals surface area contributed by atoms with Crippen molar-refractivity contribution in [1.82, 2.24) is 4.90 Å². The van der Waals surface area contributed by atoms with Crippen LogP contribution in [0.5, 0.6) is 0 Å². The standard InChI is InChI=1S/C11H19NO/c1-2-6-12-7-9-4-3-5-10(8-12)11(9)13/h9-10H,2-8H2,1H3/t9-,10-/m1/s1. The monoisotopic (exact) mass is 181 g/mol. The lowest BCUT2D eigenvalue weighted by Crippen LogP contribution is -2.49. The number of hydrogen-bond donors (Lipinski definition) is 0. The molecule has 0 spiro atoms. The van der Waals surface area contributed by atoms with E-state index in [1.54, 1.807) is 0 Å². The van der Waals surface area contributed by atoms with Gasteiger partial charge in [0.25, 0.3) is 0 Å². The van der Waals surface area contributed by atoms with E-state index in [0.29, 0.717) is 17.6 Å². The molecule has 2 fully saturated rings. The van der Waals surface area contributed by atoms with Crippen molar-refractivity contribution in [2.45, 2.75) is 32.6 Å². The highest BCUT2D eigenvalue weighted by Crippen LogP contribution is 2.31. The van der Waals surface area contributed by atoms with E-state index in [9.17, 15) is 4.79 Å². The van der Waals surface area contributed by atoms with Gasteiger partial charge in [0.2, 0.25) is 0 Å². The maximum atomic E-state index is 11.7. The average Bonchev–Trinajstić information content (AvgIpc) is 2.07. The molecule has 13 heavy (non-hydrogen) atoms. The van der Waals surface area contributed by atoms with Gasteiger partial charge in [0.1, 0.15) is 5.78 Å². The first-order valence-corrected chi connectivity index (χ1v) is 5.57. The van der Waals surface area contributed by atoms with Crippen LogP contribution in [0.4, 0.5) is 0 Å². The molecule has 0 amide bonds. The van der Waals surface area contributed by atoms with E-state index in [1.807, 2.05) is 0 Å². The van der Waals surface area contributed by atoms with E-state index >= 15 is 0 Å². The zero-order chi connectivity index (χ0) is 9.26. The summed E-state index contributed by atoms with van der Waals surface area (Å²) in [5.41, 5.74) is 0. The number of piperidine rings is 1. The lowest BCUT2D eigenvalue weighted by molar-refractivity contribution is -0.134. The van der Waals surface area contributed by atoms with Crippen molar-refractivity contribution in [3.63, 3.8) is 0 Å². The van der Waals surface area contributed by atoms with Crippen LogP contribution in [0.25, 0.3) is 0 Å². The second-order valence-corrected chi connectivity index (χ2v) is 4.49. The summed E-state index contributed by atoms with van der Waals surface area (Å²) in [6.45, 7) is 5.48. The zero-order valence-electron chi connectivity index (χ0n) is 8.46. The zero-order valence-corrected chi connectivity index (χ0v) is 8.46. The molecule has 1 saturated carbocycles. The first-order valence-electron chi connectivity index (χ1n) is 5.57. The van der Waals surface area contributed by atoms with E-state index in [0.717, 1.165) is 25.9 Å². The Kier molecular flexibility index (Phi) is 2.68. The van der Waals surface area contributed by atoms with Crippen LogP contribution in [0.15, 0.2) is 0 Å². The van der Waals surface area contributed by atoms with Crippen LogP contribution < -0.4 is 0 Å². The van der Waals surface area contributed by atoms with Gasteiger partial charge in [-0.1, -0.05) is 13.3 Å². The minimum absolute atomic E-state index is 0.388. The smallest absolute Gasteiger partial charge is 0.141 e. The summed E-state index contributed by atoms with van der Waals surface area (Å²) in [7, 11) is 0. The Bertz CT molecular complexity index is 186. The number of ketones is 1. The molecule has 1 heterocycles. The number of Topliss-reactive ketones (excluding diaryl/α,β-unsaturated/α-hetero) is 1. The first kappa shape index (κ1) is 9.20. The van der Waals surface area contributed by atoms with Gasteiger partial charge in [-0.2, -0.15) is 0 Å². The van der Waals surface area contributed by atoms with Crippen molar-refractivity contribution >= 4 is 5.78 Å². The maximum absolute atomic E-state index is 11.7. The maximum Gasteiger partial charge on any atom is 0.141 e. The van der Waals surface area contributed by atoms with E-state index in [1.165, 1.54) is 19.4 Å². The third-order valence-electron chi connectivity index (χ3n) is 3.41. The van der Waals surface area contributed by atoms with Gasteiger partial charge < -0.3 is 4.90 Å². The number of fused-ring (bicyclic) bond motifs is 2. The number of carbonyl (C=O) groups excluding carboxylic acids is 1. The molecule has 74 valence electrons. The number of nitrogens with zero attached hydrogens (tertiary/aromatic N) is 1. The Labute approximate surface area is 80.3 Å². The minimum atomic E-state index is 0.388. The summed E-state index contributed by atoms with van der Waals surface area (Å²) in [4.78, 5) is 14.2. The highest BCUT2D eigenvalue weighted by Gasteiger charge is 2.37. The SMILES string of the molecule is CCCN1C[C@H]2CCC[C@H](C1)C2=O. The van der Waals surface area contributed by atoms with Crippen molar-refractivity contribution in [2.75, 3.05) is 19.6 Å². The molecule has 1 aliphatic heterocycles. The number of carbonyl (C=O) groups is 1. The first-order chi connectivity index (χ1) is 6.31. The van der Waals surface area contributed by atoms with Gasteiger partial charge in [-0.05, 0) is 25.8 Å². The Morgan fingerprint density at radius 2 is 1.92 bits per heavy atom.